The Hall–Kier alpha value is -1.49. The lowest BCUT2D eigenvalue weighted by Crippen LogP contribution is -2.18. The van der Waals surface area contributed by atoms with Crippen LogP contribution in [0.15, 0.2) is 36.7 Å². The second-order valence-corrected chi connectivity index (χ2v) is 4.12. The molecule has 0 amide bonds. The summed E-state index contributed by atoms with van der Waals surface area (Å²) in [6.45, 7) is 1.65. The average molecular weight is 246 g/mol. The number of pyridine rings is 1. The highest BCUT2D eigenvalue weighted by Crippen LogP contribution is 2.22. The topological polar surface area (TPSA) is 57.4 Å². The summed E-state index contributed by atoms with van der Waals surface area (Å²) in [5, 5.41) is 2.23. The lowest BCUT2D eigenvalue weighted by Gasteiger charge is -2.14. The molecule has 1 aromatic carbocycles. The van der Waals surface area contributed by atoms with Crippen molar-refractivity contribution < 1.29 is 9.47 Å². The van der Waals surface area contributed by atoms with E-state index in [0.717, 1.165) is 16.3 Å². The van der Waals surface area contributed by atoms with Crippen molar-refractivity contribution >= 4 is 10.8 Å². The molecule has 0 fully saturated rings. The van der Waals surface area contributed by atoms with Gasteiger partial charge in [0.25, 0.3) is 0 Å². The van der Waals surface area contributed by atoms with Crippen LogP contribution in [0.3, 0.4) is 0 Å². The molecule has 0 spiro atoms. The van der Waals surface area contributed by atoms with E-state index in [2.05, 4.69) is 4.98 Å². The first kappa shape index (κ1) is 13.0. The normalized spacial score (nSPS) is 12.8. The number of rotatable bonds is 6. The van der Waals surface area contributed by atoms with E-state index in [1.807, 2.05) is 30.5 Å². The quantitative estimate of drug-likeness (QED) is 0.791. The summed E-state index contributed by atoms with van der Waals surface area (Å²) in [5.41, 5.74) is 7.25. The SMILES string of the molecule is COCCOCC(N)c1cccc2cnccc12. The number of ether oxygens (including phenoxy) is 2. The van der Waals surface area contributed by atoms with Crippen LogP contribution in [0.2, 0.25) is 0 Å². The highest BCUT2D eigenvalue weighted by atomic mass is 16.5. The van der Waals surface area contributed by atoms with Crippen molar-refractivity contribution in [3.05, 3.63) is 42.2 Å². The Bertz CT molecular complexity index is 497. The Labute approximate surface area is 107 Å². The third kappa shape index (κ3) is 3.04. The molecule has 18 heavy (non-hydrogen) atoms. The fourth-order valence-electron chi connectivity index (χ4n) is 1.91. The smallest absolute Gasteiger partial charge is 0.0701 e. The first-order valence-electron chi connectivity index (χ1n) is 5.98. The lowest BCUT2D eigenvalue weighted by molar-refractivity contribution is 0.0637. The third-order valence-corrected chi connectivity index (χ3v) is 2.84. The van der Waals surface area contributed by atoms with Crippen molar-refractivity contribution in [2.24, 2.45) is 5.73 Å². The molecule has 2 rings (SSSR count). The second-order valence-electron chi connectivity index (χ2n) is 4.12. The minimum absolute atomic E-state index is 0.132. The summed E-state index contributed by atoms with van der Waals surface area (Å²) in [6.07, 6.45) is 3.63. The van der Waals surface area contributed by atoms with Gasteiger partial charge in [-0.1, -0.05) is 18.2 Å². The van der Waals surface area contributed by atoms with Gasteiger partial charge in [0.15, 0.2) is 0 Å². The number of nitrogens with zero attached hydrogens (tertiary/aromatic N) is 1. The van der Waals surface area contributed by atoms with E-state index in [1.54, 1.807) is 13.3 Å². The Morgan fingerprint density at radius 3 is 3.00 bits per heavy atom. The van der Waals surface area contributed by atoms with Crippen LogP contribution in [0.4, 0.5) is 0 Å². The standard InChI is InChI=1S/C14H18N2O2/c1-17-7-8-18-10-14(15)13-4-2-3-11-9-16-6-5-12(11)13/h2-6,9,14H,7-8,10,15H2,1H3. The molecule has 0 aliphatic heterocycles. The molecule has 96 valence electrons. The van der Waals surface area contributed by atoms with Crippen molar-refractivity contribution in [1.82, 2.24) is 4.98 Å². The molecule has 0 saturated heterocycles. The number of methoxy groups -OCH3 is 1. The lowest BCUT2D eigenvalue weighted by atomic mass is 10.0. The highest BCUT2D eigenvalue weighted by Gasteiger charge is 2.09. The number of hydrogen-bond acceptors (Lipinski definition) is 4. The number of nitrogens with two attached hydrogens (primary N) is 1. The van der Waals surface area contributed by atoms with Gasteiger partial charge in [-0.05, 0) is 17.0 Å². The molecule has 0 aliphatic carbocycles. The van der Waals surface area contributed by atoms with Crippen LogP contribution in [0.5, 0.6) is 0 Å². The summed E-state index contributed by atoms with van der Waals surface area (Å²) in [6, 6.07) is 7.92. The summed E-state index contributed by atoms with van der Waals surface area (Å²) >= 11 is 0. The fourth-order valence-corrected chi connectivity index (χ4v) is 1.91. The minimum Gasteiger partial charge on any atom is -0.382 e. The number of fused-ring (bicyclic) bond motifs is 1. The molecule has 0 saturated carbocycles. The Balaban J connectivity index is 2.10. The van der Waals surface area contributed by atoms with E-state index in [4.69, 9.17) is 15.2 Å². The van der Waals surface area contributed by atoms with E-state index in [9.17, 15) is 0 Å². The zero-order valence-electron chi connectivity index (χ0n) is 10.5. The first-order chi connectivity index (χ1) is 8.83. The van der Waals surface area contributed by atoms with Gasteiger partial charge in [-0.3, -0.25) is 4.98 Å². The van der Waals surface area contributed by atoms with Crippen LogP contribution >= 0.6 is 0 Å². The summed E-state index contributed by atoms with van der Waals surface area (Å²) in [7, 11) is 1.65. The Morgan fingerprint density at radius 1 is 1.28 bits per heavy atom. The van der Waals surface area contributed by atoms with Gasteiger partial charge in [0.2, 0.25) is 0 Å². The van der Waals surface area contributed by atoms with E-state index < -0.39 is 0 Å². The van der Waals surface area contributed by atoms with Crippen molar-refractivity contribution in [3.63, 3.8) is 0 Å². The second kappa shape index (κ2) is 6.44. The van der Waals surface area contributed by atoms with Gasteiger partial charge in [-0.2, -0.15) is 0 Å². The van der Waals surface area contributed by atoms with Crippen molar-refractivity contribution in [3.8, 4) is 0 Å². The molecule has 4 heteroatoms. The van der Waals surface area contributed by atoms with Crippen LogP contribution in [-0.4, -0.2) is 31.9 Å². The average Bonchev–Trinajstić information content (AvgIpc) is 2.43. The maximum atomic E-state index is 6.16. The Kier molecular flexibility index (Phi) is 4.64. The molecular formula is C14H18N2O2. The van der Waals surface area contributed by atoms with Gasteiger partial charge in [-0.25, -0.2) is 0 Å². The zero-order chi connectivity index (χ0) is 12.8. The zero-order valence-corrected chi connectivity index (χ0v) is 10.5. The van der Waals surface area contributed by atoms with Gasteiger partial charge >= 0.3 is 0 Å². The first-order valence-corrected chi connectivity index (χ1v) is 5.98. The predicted octanol–water partition coefficient (Wildman–Crippen LogP) is 1.90. The van der Waals surface area contributed by atoms with E-state index in [1.165, 1.54) is 0 Å². The number of benzene rings is 1. The molecule has 1 heterocycles. The number of aromatic nitrogens is 1. The monoisotopic (exact) mass is 246 g/mol. The summed E-state index contributed by atoms with van der Waals surface area (Å²) in [5.74, 6) is 0. The number of hydrogen-bond donors (Lipinski definition) is 1. The molecule has 4 nitrogen and oxygen atoms in total. The van der Waals surface area contributed by atoms with Gasteiger partial charge in [0.05, 0.1) is 25.9 Å². The predicted molar refractivity (Wildman–Crippen MR) is 71.4 cm³/mol. The van der Waals surface area contributed by atoms with Gasteiger partial charge < -0.3 is 15.2 Å². The molecular weight excluding hydrogens is 228 g/mol. The Morgan fingerprint density at radius 2 is 2.17 bits per heavy atom. The molecule has 1 atom stereocenters. The highest BCUT2D eigenvalue weighted by molar-refractivity contribution is 5.85. The molecule has 0 bridgehead atoms. The molecule has 1 aromatic heterocycles. The van der Waals surface area contributed by atoms with Crippen LogP contribution in [-0.2, 0) is 9.47 Å². The van der Waals surface area contributed by atoms with E-state index in [0.29, 0.717) is 19.8 Å². The van der Waals surface area contributed by atoms with E-state index >= 15 is 0 Å². The van der Waals surface area contributed by atoms with Gasteiger partial charge in [0, 0.05) is 24.9 Å². The molecule has 2 aromatic rings. The van der Waals surface area contributed by atoms with Crippen LogP contribution in [0.1, 0.15) is 11.6 Å². The summed E-state index contributed by atoms with van der Waals surface area (Å²) < 4.78 is 10.4. The van der Waals surface area contributed by atoms with Crippen molar-refractivity contribution in [1.29, 1.82) is 0 Å². The third-order valence-electron chi connectivity index (χ3n) is 2.84. The molecule has 0 radical (unpaired) electrons. The van der Waals surface area contributed by atoms with Gasteiger partial charge in [-0.15, -0.1) is 0 Å². The van der Waals surface area contributed by atoms with Crippen LogP contribution in [0.25, 0.3) is 10.8 Å². The van der Waals surface area contributed by atoms with E-state index in [-0.39, 0.29) is 6.04 Å². The van der Waals surface area contributed by atoms with Crippen molar-refractivity contribution in [2.45, 2.75) is 6.04 Å². The minimum atomic E-state index is -0.132. The molecule has 0 aliphatic rings. The molecule has 2 N–H and O–H groups in total. The largest absolute Gasteiger partial charge is 0.382 e. The van der Waals surface area contributed by atoms with Crippen LogP contribution < -0.4 is 5.73 Å². The molecule has 1 unspecified atom stereocenters. The fraction of sp³-hybridized carbons (Fsp3) is 0.357. The maximum Gasteiger partial charge on any atom is 0.0701 e. The van der Waals surface area contributed by atoms with Crippen molar-refractivity contribution in [2.75, 3.05) is 26.9 Å². The van der Waals surface area contributed by atoms with Gasteiger partial charge in [0.1, 0.15) is 0 Å². The van der Waals surface area contributed by atoms with Crippen LogP contribution in [0, 0.1) is 0 Å². The maximum absolute atomic E-state index is 6.16. The summed E-state index contributed by atoms with van der Waals surface area (Å²) in [4.78, 5) is 4.11.